The third-order valence-corrected chi connectivity index (χ3v) is 1.20. The molecule has 0 aromatic rings. The zero-order valence-corrected chi connectivity index (χ0v) is 7.09. The molecule has 0 bridgehead atoms. The molecule has 0 aromatic carbocycles. The van der Waals surface area contributed by atoms with Crippen LogP contribution in [0.5, 0.6) is 0 Å². The highest BCUT2D eigenvalue weighted by Gasteiger charge is 2.00. The van der Waals surface area contributed by atoms with Gasteiger partial charge >= 0.3 is 5.97 Å². The van der Waals surface area contributed by atoms with Crippen LogP contribution in [0.4, 0.5) is 0 Å². The van der Waals surface area contributed by atoms with E-state index in [4.69, 9.17) is 5.11 Å². The summed E-state index contributed by atoms with van der Waals surface area (Å²) >= 11 is 0. The third-order valence-electron chi connectivity index (χ3n) is 1.20. The van der Waals surface area contributed by atoms with Crippen molar-refractivity contribution in [3.63, 3.8) is 0 Å². The van der Waals surface area contributed by atoms with E-state index >= 15 is 0 Å². The molecule has 1 amide bonds. The molecule has 0 heterocycles. The van der Waals surface area contributed by atoms with Crippen molar-refractivity contribution in [1.29, 1.82) is 0 Å². The van der Waals surface area contributed by atoms with Crippen LogP contribution in [-0.2, 0) is 9.59 Å². The smallest absolute Gasteiger partial charge is 0.305 e. The number of hydrogen-bond donors (Lipinski definition) is 3. The van der Waals surface area contributed by atoms with E-state index in [0.717, 1.165) is 6.54 Å². The minimum atomic E-state index is -0.904. The summed E-state index contributed by atoms with van der Waals surface area (Å²) < 4.78 is 0. The normalized spacial score (nSPS) is 9.42. The van der Waals surface area contributed by atoms with Crippen molar-refractivity contribution in [2.45, 2.75) is 13.3 Å². The minimum Gasteiger partial charge on any atom is -0.481 e. The van der Waals surface area contributed by atoms with Gasteiger partial charge in [-0.1, -0.05) is 6.92 Å². The van der Waals surface area contributed by atoms with Gasteiger partial charge in [-0.15, -0.1) is 0 Å². The van der Waals surface area contributed by atoms with Gasteiger partial charge in [-0.2, -0.15) is 0 Å². The van der Waals surface area contributed by atoms with Crippen molar-refractivity contribution in [3.05, 3.63) is 0 Å². The van der Waals surface area contributed by atoms with Crippen molar-refractivity contribution in [2.75, 3.05) is 19.6 Å². The standard InChI is InChI=1S/C7H14N2O3/c1-2-8-5-6(10)9-4-3-7(11)12/h8H,2-5H2,1H3,(H,9,10)(H,11,12). The number of carboxylic acids is 1. The average molecular weight is 174 g/mol. The van der Waals surface area contributed by atoms with Crippen LogP contribution in [0.3, 0.4) is 0 Å². The summed E-state index contributed by atoms with van der Waals surface area (Å²) in [6.45, 7) is 3.06. The van der Waals surface area contributed by atoms with Crippen LogP contribution in [0.25, 0.3) is 0 Å². The van der Waals surface area contributed by atoms with Gasteiger partial charge in [0.05, 0.1) is 13.0 Å². The summed E-state index contributed by atoms with van der Waals surface area (Å²) in [4.78, 5) is 20.8. The first-order chi connectivity index (χ1) is 5.66. The van der Waals surface area contributed by atoms with Gasteiger partial charge in [0.2, 0.25) is 5.91 Å². The molecule has 70 valence electrons. The van der Waals surface area contributed by atoms with Crippen LogP contribution in [-0.4, -0.2) is 36.6 Å². The van der Waals surface area contributed by atoms with Crippen LogP contribution < -0.4 is 10.6 Å². The van der Waals surface area contributed by atoms with Crippen LogP contribution in [0.1, 0.15) is 13.3 Å². The van der Waals surface area contributed by atoms with E-state index in [1.807, 2.05) is 6.92 Å². The summed E-state index contributed by atoms with van der Waals surface area (Å²) in [6, 6.07) is 0. The molecule has 0 aromatic heterocycles. The summed E-state index contributed by atoms with van der Waals surface area (Å²) in [7, 11) is 0. The molecule has 0 aliphatic rings. The third kappa shape index (κ3) is 7.01. The summed E-state index contributed by atoms with van der Waals surface area (Å²) in [5.41, 5.74) is 0. The molecule has 0 atom stereocenters. The number of carboxylic acid groups (broad SMARTS) is 1. The Hall–Kier alpha value is -1.10. The molecular formula is C7H14N2O3. The molecule has 0 rings (SSSR count). The summed E-state index contributed by atoms with van der Waals surface area (Å²) in [6.07, 6.45) is -0.0299. The van der Waals surface area contributed by atoms with Crippen LogP contribution in [0.2, 0.25) is 0 Å². The topological polar surface area (TPSA) is 78.4 Å². The maximum Gasteiger partial charge on any atom is 0.305 e. The maximum absolute atomic E-state index is 10.8. The highest BCUT2D eigenvalue weighted by molar-refractivity contribution is 5.78. The number of nitrogens with one attached hydrogen (secondary N) is 2. The monoisotopic (exact) mass is 174 g/mol. The van der Waals surface area contributed by atoms with Gasteiger partial charge in [-0.25, -0.2) is 0 Å². The molecule has 0 fully saturated rings. The second kappa shape index (κ2) is 6.60. The fourth-order valence-electron chi connectivity index (χ4n) is 0.610. The number of carbonyl (C=O) groups is 2. The van der Waals surface area contributed by atoms with Crippen LogP contribution in [0, 0.1) is 0 Å². The predicted molar refractivity (Wildman–Crippen MR) is 43.8 cm³/mol. The number of rotatable bonds is 6. The van der Waals surface area contributed by atoms with Crippen molar-refractivity contribution in [1.82, 2.24) is 10.6 Å². The quantitative estimate of drug-likeness (QED) is 0.492. The van der Waals surface area contributed by atoms with E-state index in [1.165, 1.54) is 0 Å². The van der Waals surface area contributed by atoms with Gasteiger partial charge < -0.3 is 15.7 Å². The van der Waals surface area contributed by atoms with Gasteiger partial charge in [0.15, 0.2) is 0 Å². The Morgan fingerprint density at radius 1 is 1.42 bits per heavy atom. The van der Waals surface area contributed by atoms with Crippen molar-refractivity contribution < 1.29 is 14.7 Å². The summed E-state index contributed by atoms with van der Waals surface area (Å²) in [5, 5.41) is 13.5. The van der Waals surface area contributed by atoms with E-state index < -0.39 is 5.97 Å². The lowest BCUT2D eigenvalue weighted by molar-refractivity contribution is -0.136. The molecule has 0 spiro atoms. The Morgan fingerprint density at radius 2 is 2.08 bits per heavy atom. The molecule has 0 unspecified atom stereocenters. The molecule has 5 nitrogen and oxygen atoms in total. The van der Waals surface area contributed by atoms with E-state index in [-0.39, 0.29) is 25.4 Å². The lowest BCUT2D eigenvalue weighted by Gasteiger charge is -2.02. The molecule has 3 N–H and O–H groups in total. The number of likely N-dealkylation sites (N-methyl/N-ethyl adjacent to an activating group) is 1. The Labute approximate surface area is 71.1 Å². The molecule has 5 heteroatoms. The van der Waals surface area contributed by atoms with Crippen molar-refractivity contribution in [3.8, 4) is 0 Å². The van der Waals surface area contributed by atoms with Gasteiger partial charge in [-0.05, 0) is 6.54 Å². The maximum atomic E-state index is 10.8. The van der Waals surface area contributed by atoms with Gasteiger partial charge in [-0.3, -0.25) is 9.59 Å². The number of hydrogen-bond acceptors (Lipinski definition) is 3. The highest BCUT2D eigenvalue weighted by Crippen LogP contribution is 1.74. The second-order valence-corrected chi connectivity index (χ2v) is 2.27. The fraction of sp³-hybridized carbons (Fsp3) is 0.714. The van der Waals surface area contributed by atoms with Crippen LogP contribution in [0.15, 0.2) is 0 Å². The Kier molecular flexibility index (Phi) is 6.00. The zero-order valence-electron chi connectivity index (χ0n) is 7.09. The average Bonchev–Trinajstić information content (AvgIpc) is 2.00. The Balaban J connectivity index is 3.25. The van der Waals surface area contributed by atoms with Gasteiger partial charge in [0, 0.05) is 6.54 Å². The van der Waals surface area contributed by atoms with E-state index in [2.05, 4.69) is 10.6 Å². The fourth-order valence-corrected chi connectivity index (χ4v) is 0.610. The first kappa shape index (κ1) is 10.9. The molecule has 0 aliphatic carbocycles. The lowest BCUT2D eigenvalue weighted by Crippen LogP contribution is -2.34. The lowest BCUT2D eigenvalue weighted by atomic mass is 10.4. The molecule has 12 heavy (non-hydrogen) atoms. The van der Waals surface area contributed by atoms with Crippen molar-refractivity contribution >= 4 is 11.9 Å². The SMILES string of the molecule is CCNCC(=O)NCCC(=O)O. The van der Waals surface area contributed by atoms with Gasteiger partial charge in [0.1, 0.15) is 0 Å². The second-order valence-electron chi connectivity index (χ2n) is 2.27. The molecule has 0 aliphatic heterocycles. The van der Waals surface area contributed by atoms with Crippen LogP contribution >= 0.6 is 0 Å². The molecule has 0 radical (unpaired) electrons. The first-order valence-electron chi connectivity index (χ1n) is 3.86. The predicted octanol–water partition coefficient (Wildman–Crippen LogP) is -0.813. The van der Waals surface area contributed by atoms with Crippen molar-refractivity contribution in [2.24, 2.45) is 0 Å². The first-order valence-corrected chi connectivity index (χ1v) is 3.86. The Bertz CT molecular complexity index is 159. The van der Waals surface area contributed by atoms with Gasteiger partial charge in [0.25, 0.3) is 0 Å². The molecular weight excluding hydrogens is 160 g/mol. The highest BCUT2D eigenvalue weighted by atomic mass is 16.4. The minimum absolute atomic E-state index is 0.0299. The number of aliphatic carboxylic acids is 1. The van der Waals surface area contributed by atoms with E-state index in [0.29, 0.717) is 0 Å². The largest absolute Gasteiger partial charge is 0.481 e. The Morgan fingerprint density at radius 3 is 2.58 bits per heavy atom. The van der Waals surface area contributed by atoms with E-state index in [1.54, 1.807) is 0 Å². The molecule has 0 saturated heterocycles. The summed E-state index contributed by atoms with van der Waals surface area (Å²) in [5.74, 6) is -1.07. The number of carbonyl (C=O) groups excluding carboxylic acids is 1. The number of amides is 1. The van der Waals surface area contributed by atoms with E-state index in [9.17, 15) is 9.59 Å². The molecule has 0 saturated carbocycles. The zero-order chi connectivity index (χ0) is 9.40.